The second kappa shape index (κ2) is 6.64. The Morgan fingerprint density at radius 1 is 1.65 bits per heavy atom. The SMILES string of the molecule is CSCC(C)CNC(=O)C1(N)CCCC(C)C1. The van der Waals surface area contributed by atoms with Crippen LogP contribution in [0.25, 0.3) is 0 Å². The van der Waals surface area contributed by atoms with E-state index in [2.05, 4.69) is 25.4 Å². The van der Waals surface area contributed by atoms with Gasteiger partial charge in [-0.1, -0.05) is 26.7 Å². The van der Waals surface area contributed by atoms with Gasteiger partial charge in [-0.2, -0.15) is 11.8 Å². The minimum Gasteiger partial charge on any atom is -0.354 e. The van der Waals surface area contributed by atoms with E-state index in [-0.39, 0.29) is 5.91 Å². The Morgan fingerprint density at radius 2 is 2.35 bits per heavy atom. The van der Waals surface area contributed by atoms with E-state index in [9.17, 15) is 4.79 Å². The van der Waals surface area contributed by atoms with Crippen molar-refractivity contribution in [1.82, 2.24) is 5.32 Å². The van der Waals surface area contributed by atoms with Crippen LogP contribution in [0.1, 0.15) is 39.5 Å². The van der Waals surface area contributed by atoms with Crippen LogP contribution in [0.3, 0.4) is 0 Å². The number of hydrogen-bond donors (Lipinski definition) is 2. The summed E-state index contributed by atoms with van der Waals surface area (Å²) >= 11 is 1.81. The molecule has 1 fully saturated rings. The van der Waals surface area contributed by atoms with Gasteiger partial charge in [-0.15, -0.1) is 0 Å². The lowest BCUT2D eigenvalue weighted by molar-refractivity contribution is -0.128. The second-order valence-electron chi connectivity index (χ2n) is 5.63. The van der Waals surface area contributed by atoms with E-state index in [0.29, 0.717) is 11.8 Å². The van der Waals surface area contributed by atoms with Gasteiger partial charge in [0.15, 0.2) is 0 Å². The van der Waals surface area contributed by atoms with Gasteiger partial charge in [0.2, 0.25) is 5.91 Å². The number of rotatable bonds is 5. The fourth-order valence-electron chi connectivity index (χ4n) is 2.58. The van der Waals surface area contributed by atoms with Gasteiger partial charge in [0.05, 0.1) is 5.54 Å². The summed E-state index contributed by atoms with van der Waals surface area (Å²) in [4.78, 5) is 12.1. The van der Waals surface area contributed by atoms with E-state index in [1.54, 1.807) is 0 Å². The fraction of sp³-hybridized carbons (Fsp3) is 0.923. The van der Waals surface area contributed by atoms with E-state index in [0.717, 1.165) is 31.6 Å². The van der Waals surface area contributed by atoms with Gasteiger partial charge >= 0.3 is 0 Å². The number of amides is 1. The lowest BCUT2D eigenvalue weighted by Gasteiger charge is -2.35. The van der Waals surface area contributed by atoms with Gasteiger partial charge < -0.3 is 11.1 Å². The van der Waals surface area contributed by atoms with Crippen LogP contribution in [-0.2, 0) is 4.79 Å². The first-order chi connectivity index (χ1) is 7.98. The summed E-state index contributed by atoms with van der Waals surface area (Å²) in [6, 6.07) is 0. The van der Waals surface area contributed by atoms with Crippen molar-refractivity contribution in [3.8, 4) is 0 Å². The number of hydrogen-bond acceptors (Lipinski definition) is 3. The van der Waals surface area contributed by atoms with Crippen molar-refractivity contribution in [2.45, 2.75) is 45.1 Å². The maximum atomic E-state index is 12.1. The van der Waals surface area contributed by atoms with Crippen LogP contribution in [-0.4, -0.2) is 30.0 Å². The van der Waals surface area contributed by atoms with Crippen LogP contribution in [0.2, 0.25) is 0 Å². The Hall–Kier alpha value is -0.220. The number of carbonyl (C=O) groups excluding carboxylic acids is 1. The van der Waals surface area contributed by atoms with Crippen molar-refractivity contribution < 1.29 is 4.79 Å². The Kier molecular flexibility index (Phi) is 5.80. The maximum Gasteiger partial charge on any atom is 0.240 e. The molecular formula is C13H26N2OS. The molecule has 1 aliphatic rings. The van der Waals surface area contributed by atoms with E-state index < -0.39 is 5.54 Å². The zero-order valence-corrected chi connectivity index (χ0v) is 12.1. The Bertz CT molecular complexity index is 260. The summed E-state index contributed by atoms with van der Waals surface area (Å²) in [5, 5.41) is 3.02. The van der Waals surface area contributed by atoms with Crippen LogP contribution in [0.5, 0.6) is 0 Å². The van der Waals surface area contributed by atoms with Crippen molar-refractivity contribution in [2.24, 2.45) is 17.6 Å². The molecule has 0 saturated heterocycles. The molecule has 1 rings (SSSR count). The molecule has 1 amide bonds. The number of carbonyl (C=O) groups is 1. The van der Waals surface area contributed by atoms with Crippen LogP contribution in [0.15, 0.2) is 0 Å². The molecule has 0 aromatic rings. The first-order valence-electron chi connectivity index (χ1n) is 6.54. The zero-order valence-electron chi connectivity index (χ0n) is 11.3. The van der Waals surface area contributed by atoms with E-state index in [1.807, 2.05) is 11.8 Å². The third kappa shape index (κ3) is 4.51. The van der Waals surface area contributed by atoms with Gasteiger partial charge in [0.1, 0.15) is 0 Å². The molecule has 0 aliphatic heterocycles. The summed E-state index contributed by atoms with van der Waals surface area (Å²) in [5.41, 5.74) is 5.62. The van der Waals surface area contributed by atoms with Crippen molar-refractivity contribution >= 4 is 17.7 Å². The van der Waals surface area contributed by atoms with Gasteiger partial charge in [0, 0.05) is 6.54 Å². The molecule has 3 atom stereocenters. The van der Waals surface area contributed by atoms with Gasteiger partial charge in [0.25, 0.3) is 0 Å². The van der Waals surface area contributed by atoms with Crippen LogP contribution >= 0.6 is 11.8 Å². The molecule has 3 N–H and O–H groups in total. The van der Waals surface area contributed by atoms with Gasteiger partial charge in [-0.05, 0) is 36.7 Å². The molecule has 3 unspecified atom stereocenters. The Labute approximate surface area is 109 Å². The quantitative estimate of drug-likeness (QED) is 0.793. The number of nitrogens with one attached hydrogen (secondary N) is 1. The molecule has 0 spiro atoms. The monoisotopic (exact) mass is 258 g/mol. The van der Waals surface area contributed by atoms with E-state index >= 15 is 0 Å². The molecule has 0 radical (unpaired) electrons. The Balaban J connectivity index is 2.40. The highest BCUT2D eigenvalue weighted by Gasteiger charge is 2.37. The number of nitrogens with two attached hydrogens (primary N) is 1. The fourth-order valence-corrected chi connectivity index (χ4v) is 3.27. The minimum atomic E-state index is -0.614. The molecule has 0 aromatic heterocycles. The molecule has 1 aliphatic carbocycles. The molecule has 0 heterocycles. The lowest BCUT2D eigenvalue weighted by Crippen LogP contribution is -2.56. The van der Waals surface area contributed by atoms with Crippen LogP contribution in [0, 0.1) is 11.8 Å². The molecule has 0 bridgehead atoms. The summed E-state index contributed by atoms with van der Waals surface area (Å²) < 4.78 is 0. The highest BCUT2D eigenvalue weighted by Crippen LogP contribution is 2.30. The minimum absolute atomic E-state index is 0.0528. The average Bonchev–Trinajstić information content (AvgIpc) is 2.26. The van der Waals surface area contributed by atoms with Crippen molar-refractivity contribution in [3.63, 3.8) is 0 Å². The summed E-state index contributed by atoms with van der Waals surface area (Å²) in [7, 11) is 0. The van der Waals surface area contributed by atoms with Crippen molar-refractivity contribution in [2.75, 3.05) is 18.6 Å². The first kappa shape index (κ1) is 14.8. The highest BCUT2D eigenvalue weighted by atomic mass is 32.2. The van der Waals surface area contributed by atoms with Crippen LogP contribution in [0.4, 0.5) is 0 Å². The predicted octanol–water partition coefficient (Wildman–Crippen LogP) is 2.01. The van der Waals surface area contributed by atoms with Gasteiger partial charge in [-0.3, -0.25) is 4.79 Å². The van der Waals surface area contributed by atoms with Crippen molar-refractivity contribution in [1.29, 1.82) is 0 Å². The van der Waals surface area contributed by atoms with E-state index in [4.69, 9.17) is 5.73 Å². The van der Waals surface area contributed by atoms with Gasteiger partial charge in [-0.25, -0.2) is 0 Å². The molecule has 0 aromatic carbocycles. The third-order valence-electron chi connectivity index (χ3n) is 3.55. The number of thioether (sulfide) groups is 1. The summed E-state index contributed by atoms with van der Waals surface area (Å²) in [6.07, 6.45) is 6.03. The zero-order chi connectivity index (χ0) is 12.9. The molecule has 1 saturated carbocycles. The maximum absolute atomic E-state index is 12.1. The topological polar surface area (TPSA) is 55.1 Å². The summed E-state index contributed by atoms with van der Waals surface area (Å²) in [5.74, 6) is 2.22. The Morgan fingerprint density at radius 3 is 2.94 bits per heavy atom. The van der Waals surface area contributed by atoms with Crippen LogP contribution < -0.4 is 11.1 Å². The smallest absolute Gasteiger partial charge is 0.240 e. The molecule has 4 heteroatoms. The largest absolute Gasteiger partial charge is 0.354 e. The second-order valence-corrected chi connectivity index (χ2v) is 6.54. The highest BCUT2D eigenvalue weighted by molar-refractivity contribution is 7.98. The third-order valence-corrected chi connectivity index (χ3v) is 4.45. The normalized spacial score (nSPS) is 30.9. The predicted molar refractivity (Wildman–Crippen MR) is 75.1 cm³/mol. The standard InChI is InChI=1S/C13H26N2OS/c1-10-5-4-6-13(14,7-10)12(16)15-8-11(2)9-17-3/h10-11H,4-9,14H2,1-3H3,(H,15,16). The molecule has 17 heavy (non-hydrogen) atoms. The molecule has 100 valence electrons. The average molecular weight is 258 g/mol. The molecular weight excluding hydrogens is 232 g/mol. The van der Waals surface area contributed by atoms with Crippen molar-refractivity contribution in [3.05, 3.63) is 0 Å². The molecule has 3 nitrogen and oxygen atoms in total. The van der Waals surface area contributed by atoms with E-state index in [1.165, 1.54) is 6.42 Å². The summed E-state index contributed by atoms with van der Waals surface area (Å²) in [6.45, 7) is 5.08. The first-order valence-corrected chi connectivity index (χ1v) is 7.93. The lowest BCUT2D eigenvalue weighted by atomic mass is 9.76.